The molecule has 6 nitrogen and oxygen atoms in total. The number of nitrogens with one attached hydrogen (secondary N) is 1. The molecule has 6 heteroatoms. The Morgan fingerprint density at radius 3 is 2.71 bits per heavy atom. The molecule has 24 heavy (non-hydrogen) atoms. The predicted octanol–water partition coefficient (Wildman–Crippen LogP) is 2.48. The third-order valence-electron chi connectivity index (χ3n) is 4.58. The van der Waals surface area contributed by atoms with Gasteiger partial charge in [0.1, 0.15) is 5.75 Å². The molecule has 1 aliphatic rings. The lowest BCUT2D eigenvalue weighted by atomic mass is 9.83. The number of carbonyl (C=O) groups excluding carboxylic acids is 1. The summed E-state index contributed by atoms with van der Waals surface area (Å²) in [5.41, 5.74) is 0.598. The van der Waals surface area contributed by atoms with Gasteiger partial charge < -0.3 is 19.9 Å². The van der Waals surface area contributed by atoms with Crippen LogP contribution in [0.3, 0.4) is 0 Å². The molecular weight excluding hydrogens is 310 g/mol. The molecule has 0 aliphatic heterocycles. The van der Waals surface area contributed by atoms with E-state index >= 15 is 0 Å². The van der Waals surface area contributed by atoms with Gasteiger partial charge in [-0.15, -0.1) is 0 Å². The molecule has 1 fully saturated rings. The van der Waals surface area contributed by atoms with Crippen molar-refractivity contribution in [3.63, 3.8) is 0 Å². The van der Waals surface area contributed by atoms with Gasteiger partial charge in [0.05, 0.1) is 0 Å². The molecular formula is C18H25NO5. The number of hydrogen-bond donors (Lipinski definition) is 2. The Labute approximate surface area is 142 Å². The number of ether oxygens (including phenoxy) is 2. The highest BCUT2D eigenvalue weighted by Crippen LogP contribution is 2.40. The van der Waals surface area contributed by atoms with Crippen molar-refractivity contribution in [1.29, 1.82) is 0 Å². The van der Waals surface area contributed by atoms with Gasteiger partial charge in [0.25, 0.3) is 5.91 Å². The molecule has 0 saturated heterocycles. The van der Waals surface area contributed by atoms with Gasteiger partial charge in [0, 0.05) is 25.8 Å². The highest BCUT2D eigenvalue weighted by atomic mass is 16.5. The Balaban J connectivity index is 1.93. The van der Waals surface area contributed by atoms with E-state index in [1.54, 1.807) is 31.4 Å². The number of carboxylic acids is 1. The average molecular weight is 335 g/mol. The third kappa shape index (κ3) is 5.23. The van der Waals surface area contributed by atoms with Crippen molar-refractivity contribution in [1.82, 2.24) is 5.32 Å². The Bertz CT molecular complexity index is 566. The van der Waals surface area contributed by atoms with Crippen molar-refractivity contribution in [2.24, 2.45) is 5.41 Å². The van der Waals surface area contributed by atoms with Crippen molar-refractivity contribution < 1.29 is 24.2 Å². The normalized spacial score (nSPS) is 15.9. The smallest absolute Gasteiger partial charge is 0.341 e. The zero-order valence-electron chi connectivity index (χ0n) is 14.0. The van der Waals surface area contributed by atoms with Gasteiger partial charge in [-0.05, 0) is 42.9 Å². The maximum atomic E-state index is 12.4. The Morgan fingerprint density at radius 1 is 1.29 bits per heavy atom. The van der Waals surface area contributed by atoms with E-state index in [0.717, 1.165) is 19.3 Å². The molecule has 0 atom stereocenters. The van der Waals surface area contributed by atoms with Gasteiger partial charge in [-0.1, -0.05) is 18.9 Å². The van der Waals surface area contributed by atoms with Crippen molar-refractivity contribution >= 4 is 11.9 Å². The second kappa shape index (κ2) is 8.68. The van der Waals surface area contributed by atoms with Crippen LogP contribution in [-0.2, 0) is 9.53 Å². The maximum Gasteiger partial charge on any atom is 0.341 e. The fraction of sp³-hybridized carbons (Fsp3) is 0.556. The van der Waals surface area contributed by atoms with Crippen molar-refractivity contribution in [2.75, 3.05) is 26.9 Å². The lowest BCUT2D eigenvalue weighted by Crippen LogP contribution is -2.36. The fourth-order valence-corrected chi connectivity index (χ4v) is 3.20. The Morgan fingerprint density at radius 2 is 2.04 bits per heavy atom. The van der Waals surface area contributed by atoms with Gasteiger partial charge in [0.2, 0.25) is 0 Å². The summed E-state index contributed by atoms with van der Waals surface area (Å²) in [4.78, 5) is 22.9. The first-order valence-electron chi connectivity index (χ1n) is 8.26. The lowest BCUT2D eigenvalue weighted by molar-refractivity contribution is -0.139. The average Bonchev–Trinajstić information content (AvgIpc) is 3.05. The third-order valence-corrected chi connectivity index (χ3v) is 4.58. The molecule has 1 saturated carbocycles. The molecule has 0 spiro atoms. The molecule has 132 valence electrons. The van der Waals surface area contributed by atoms with E-state index in [1.165, 1.54) is 12.8 Å². The van der Waals surface area contributed by atoms with E-state index in [4.69, 9.17) is 14.6 Å². The molecule has 1 amide bonds. The van der Waals surface area contributed by atoms with Crippen LogP contribution in [0, 0.1) is 5.41 Å². The monoisotopic (exact) mass is 335 g/mol. The zero-order valence-corrected chi connectivity index (χ0v) is 14.0. The van der Waals surface area contributed by atoms with E-state index in [1.807, 2.05) is 0 Å². The van der Waals surface area contributed by atoms with Gasteiger partial charge in [0.15, 0.2) is 6.61 Å². The van der Waals surface area contributed by atoms with Crippen LogP contribution < -0.4 is 10.1 Å². The molecule has 1 aromatic carbocycles. The number of rotatable bonds is 9. The summed E-state index contributed by atoms with van der Waals surface area (Å²) >= 11 is 0. The molecule has 0 unspecified atom stereocenters. The van der Waals surface area contributed by atoms with Crippen LogP contribution >= 0.6 is 0 Å². The minimum Gasteiger partial charge on any atom is -0.482 e. The first-order chi connectivity index (χ1) is 11.5. The Kier molecular flexibility index (Phi) is 6.61. The lowest BCUT2D eigenvalue weighted by Gasteiger charge is -2.29. The quantitative estimate of drug-likeness (QED) is 0.724. The molecule has 0 radical (unpaired) electrons. The van der Waals surface area contributed by atoms with E-state index in [-0.39, 0.29) is 11.3 Å². The summed E-state index contributed by atoms with van der Waals surface area (Å²) < 4.78 is 10.3. The van der Waals surface area contributed by atoms with E-state index in [2.05, 4.69) is 5.32 Å². The van der Waals surface area contributed by atoms with Crippen molar-refractivity contribution in [3.05, 3.63) is 29.8 Å². The van der Waals surface area contributed by atoms with E-state index in [0.29, 0.717) is 24.5 Å². The number of benzene rings is 1. The summed E-state index contributed by atoms with van der Waals surface area (Å²) in [7, 11) is 1.70. The van der Waals surface area contributed by atoms with Crippen LogP contribution in [0.4, 0.5) is 0 Å². The van der Waals surface area contributed by atoms with Crippen LogP contribution in [0.2, 0.25) is 0 Å². The van der Waals surface area contributed by atoms with Crippen LogP contribution in [0.25, 0.3) is 0 Å². The minimum absolute atomic E-state index is 0.128. The van der Waals surface area contributed by atoms with Gasteiger partial charge in [-0.2, -0.15) is 0 Å². The van der Waals surface area contributed by atoms with Gasteiger partial charge in [-0.25, -0.2) is 4.79 Å². The molecule has 1 aromatic rings. The molecule has 2 rings (SSSR count). The van der Waals surface area contributed by atoms with Gasteiger partial charge >= 0.3 is 5.97 Å². The van der Waals surface area contributed by atoms with Crippen LogP contribution in [0.5, 0.6) is 5.75 Å². The van der Waals surface area contributed by atoms with Crippen molar-refractivity contribution in [2.45, 2.75) is 32.1 Å². The first-order valence-corrected chi connectivity index (χ1v) is 8.26. The molecule has 1 aliphatic carbocycles. The number of hydrogen-bond acceptors (Lipinski definition) is 4. The summed E-state index contributed by atoms with van der Waals surface area (Å²) in [5.74, 6) is -0.842. The second-order valence-corrected chi connectivity index (χ2v) is 6.34. The molecule has 0 heterocycles. The summed E-state index contributed by atoms with van der Waals surface area (Å²) in [6, 6.07) is 6.58. The summed E-state index contributed by atoms with van der Waals surface area (Å²) in [6.07, 6.45) is 5.55. The van der Waals surface area contributed by atoms with Crippen LogP contribution in [-0.4, -0.2) is 43.9 Å². The zero-order chi connectivity index (χ0) is 17.4. The fourth-order valence-electron chi connectivity index (χ4n) is 3.20. The minimum atomic E-state index is -1.05. The maximum absolute atomic E-state index is 12.4. The number of methoxy groups -OCH3 is 1. The second-order valence-electron chi connectivity index (χ2n) is 6.34. The van der Waals surface area contributed by atoms with E-state index in [9.17, 15) is 9.59 Å². The van der Waals surface area contributed by atoms with Crippen LogP contribution in [0.15, 0.2) is 24.3 Å². The largest absolute Gasteiger partial charge is 0.482 e. The highest BCUT2D eigenvalue weighted by Gasteiger charge is 2.33. The number of carbonyl (C=O) groups is 2. The summed E-state index contributed by atoms with van der Waals surface area (Å²) in [5, 5.41) is 11.7. The highest BCUT2D eigenvalue weighted by molar-refractivity contribution is 5.94. The molecule has 2 N–H and O–H groups in total. The van der Waals surface area contributed by atoms with Crippen LogP contribution in [0.1, 0.15) is 42.5 Å². The van der Waals surface area contributed by atoms with Gasteiger partial charge in [-0.3, -0.25) is 4.79 Å². The summed E-state index contributed by atoms with van der Waals surface area (Å²) in [6.45, 7) is 0.912. The molecule has 0 aromatic heterocycles. The number of carboxylic acid groups (broad SMARTS) is 1. The Hall–Kier alpha value is -2.08. The predicted molar refractivity (Wildman–Crippen MR) is 89.3 cm³/mol. The first kappa shape index (κ1) is 18.3. The SMILES string of the molecule is COCCC1(CNC(=O)c2cccc(OCC(=O)O)c2)CCCC1. The number of aliphatic carboxylic acids is 1. The van der Waals surface area contributed by atoms with E-state index < -0.39 is 12.6 Å². The molecule has 0 bridgehead atoms. The standard InChI is InChI=1S/C18H25NO5/c1-23-10-9-18(7-2-3-8-18)13-19-17(22)14-5-4-6-15(11-14)24-12-16(20)21/h4-6,11H,2-3,7-10,12-13H2,1H3,(H,19,22)(H,20,21). The topological polar surface area (TPSA) is 84.9 Å². The number of amides is 1. The van der Waals surface area contributed by atoms with Crippen molar-refractivity contribution in [3.8, 4) is 5.75 Å².